The van der Waals surface area contributed by atoms with Crippen molar-refractivity contribution in [3.05, 3.63) is 71.3 Å². The van der Waals surface area contributed by atoms with Gasteiger partial charge < -0.3 is 15.1 Å². The molecule has 34 heavy (non-hydrogen) atoms. The second-order valence-corrected chi connectivity index (χ2v) is 9.03. The number of likely N-dealkylation sites (tertiary alicyclic amines) is 1. The Hall–Kier alpha value is -3.15. The van der Waals surface area contributed by atoms with Gasteiger partial charge in [0, 0.05) is 38.2 Å². The summed E-state index contributed by atoms with van der Waals surface area (Å²) < 4.78 is 0. The molecular formula is C28H37N3O3. The van der Waals surface area contributed by atoms with Crippen molar-refractivity contribution in [1.82, 2.24) is 15.1 Å². The standard InChI is InChI=1S/C28H37N3O3/c1-4-30(5-2)28(34)26(29-27(33)24-13-9-10-21(3)20-24)23-16-18-31(19-17-23)25(32)15-14-22-11-7-6-8-12-22/h6-13,20,23,26H,4-5,14-19H2,1-3H3,(H,29,33)/t26-/m0/s1. The first-order valence-corrected chi connectivity index (χ1v) is 12.4. The molecule has 1 saturated heterocycles. The van der Waals surface area contributed by atoms with Crippen molar-refractivity contribution < 1.29 is 14.4 Å². The minimum atomic E-state index is -0.588. The summed E-state index contributed by atoms with van der Waals surface area (Å²) in [6.45, 7) is 8.27. The fraction of sp³-hybridized carbons (Fsp3) is 0.464. The van der Waals surface area contributed by atoms with Gasteiger partial charge in [0.15, 0.2) is 0 Å². The summed E-state index contributed by atoms with van der Waals surface area (Å²) in [4.78, 5) is 42.8. The van der Waals surface area contributed by atoms with Crippen LogP contribution < -0.4 is 5.32 Å². The zero-order valence-corrected chi connectivity index (χ0v) is 20.6. The van der Waals surface area contributed by atoms with E-state index in [1.807, 2.05) is 74.2 Å². The summed E-state index contributed by atoms with van der Waals surface area (Å²) in [5, 5.41) is 3.04. The summed E-state index contributed by atoms with van der Waals surface area (Å²) in [5.41, 5.74) is 2.72. The number of piperidine rings is 1. The van der Waals surface area contributed by atoms with Crippen LogP contribution in [0.4, 0.5) is 0 Å². The molecule has 3 amide bonds. The Labute approximate surface area is 203 Å². The molecule has 1 aliphatic heterocycles. The van der Waals surface area contributed by atoms with Crippen LogP contribution in [0, 0.1) is 12.8 Å². The highest BCUT2D eigenvalue weighted by molar-refractivity contribution is 5.97. The molecule has 1 N–H and O–H groups in total. The van der Waals surface area contributed by atoms with E-state index in [1.165, 1.54) is 0 Å². The Kier molecular flexibility index (Phi) is 9.25. The van der Waals surface area contributed by atoms with E-state index in [0.717, 1.165) is 17.5 Å². The molecule has 0 aromatic heterocycles. The SMILES string of the molecule is CCN(CC)C(=O)[C@@H](NC(=O)c1cccc(C)c1)C1CCN(C(=O)CCc2ccccc2)CC1. The predicted molar refractivity (Wildman–Crippen MR) is 134 cm³/mol. The van der Waals surface area contributed by atoms with Gasteiger partial charge in [0.2, 0.25) is 11.8 Å². The third-order valence-corrected chi connectivity index (χ3v) is 6.74. The quantitative estimate of drug-likeness (QED) is 0.614. The summed E-state index contributed by atoms with van der Waals surface area (Å²) in [6, 6.07) is 16.9. The normalized spacial score (nSPS) is 15.0. The smallest absolute Gasteiger partial charge is 0.251 e. The molecule has 0 radical (unpaired) electrons. The van der Waals surface area contributed by atoms with Crippen molar-refractivity contribution in [2.75, 3.05) is 26.2 Å². The van der Waals surface area contributed by atoms with Gasteiger partial charge in [-0.2, -0.15) is 0 Å². The summed E-state index contributed by atoms with van der Waals surface area (Å²) in [7, 11) is 0. The van der Waals surface area contributed by atoms with E-state index < -0.39 is 6.04 Å². The van der Waals surface area contributed by atoms with Gasteiger partial charge in [0.05, 0.1) is 0 Å². The van der Waals surface area contributed by atoms with E-state index in [1.54, 1.807) is 11.0 Å². The lowest BCUT2D eigenvalue weighted by Crippen LogP contribution is -2.54. The molecule has 0 spiro atoms. The molecule has 6 nitrogen and oxygen atoms in total. The van der Waals surface area contributed by atoms with Gasteiger partial charge in [-0.15, -0.1) is 0 Å². The Bertz CT molecular complexity index is 964. The Morgan fingerprint density at radius 2 is 1.68 bits per heavy atom. The summed E-state index contributed by atoms with van der Waals surface area (Å²) in [6.07, 6.45) is 2.61. The van der Waals surface area contributed by atoms with Gasteiger partial charge >= 0.3 is 0 Å². The van der Waals surface area contributed by atoms with Gasteiger partial charge in [-0.3, -0.25) is 14.4 Å². The Morgan fingerprint density at radius 1 is 1.00 bits per heavy atom. The molecule has 0 unspecified atom stereocenters. The second kappa shape index (κ2) is 12.4. The number of hydrogen-bond acceptors (Lipinski definition) is 3. The number of amides is 3. The second-order valence-electron chi connectivity index (χ2n) is 9.03. The van der Waals surface area contributed by atoms with Crippen LogP contribution in [-0.2, 0) is 16.0 Å². The molecule has 0 bridgehead atoms. The number of nitrogens with one attached hydrogen (secondary N) is 1. The molecule has 0 saturated carbocycles. The molecule has 1 atom stereocenters. The van der Waals surface area contributed by atoms with Crippen molar-refractivity contribution in [2.24, 2.45) is 5.92 Å². The highest BCUT2D eigenvalue weighted by Crippen LogP contribution is 2.24. The van der Waals surface area contributed by atoms with Crippen LogP contribution in [0.25, 0.3) is 0 Å². The maximum absolute atomic E-state index is 13.3. The van der Waals surface area contributed by atoms with E-state index in [9.17, 15) is 14.4 Å². The summed E-state index contributed by atoms with van der Waals surface area (Å²) in [5.74, 6) is -0.117. The first-order valence-electron chi connectivity index (χ1n) is 12.4. The minimum absolute atomic E-state index is 0.0000301. The zero-order chi connectivity index (χ0) is 24.5. The van der Waals surface area contributed by atoms with Crippen molar-refractivity contribution in [3.63, 3.8) is 0 Å². The fourth-order valence-electron chi connectivity index (χ4n) is 4.66. The molecule has 0 aliphatic carbocycles. The topological polar surface area (TPSA) is 69.7 Å². The van der Waals surface area contributed by atoms with Crippen LogP contribution in [0.15, 0.2) is 54.6 Å². The predicted octanol–water partition coefficient (Wildman–Crippen LogP) is 3.83. The third-order valence-electron chi connectivity index (χ3n) is 6.74. The molecule has 1 heterocycles. The van der Waals surface area contributed by atoms with E-state index >= 15 is 0 Å². The first-order chi connectivity index (χ1) is 16.4. The first kappa shape index (κ1) is 25.5. The van der Waals surface area contributed by atoms with Crippen LogP contribution in [0.5, 0.6) is 0 Å². The van der Waals surface area contributed by atoms with E-state index in [4.69, 9.17) is 0 Å². The molecule has 2 aromatic carbocycles. The van der Waals surface area contributed by atoms with Gasteiger partial charge in [0.1, 0.15) is 6.04 Å². The summed E-state index contributed by atoms with van der Waals surface area (Å²) >= 11 is 0. The highest BCUT2D eigenvalue weighted by Gasteiger charge is 2.35. The van der Waals surface area contributed by atoms with Crippen molar-refractivity contribution >= 4 is 17.7 Å². The number of aryl methyl sites for hydroxylation is 2. The van der Waals surface area contributed by atoms with Crippen LogP contribution >= 0.6 is 0 Å². The number of carbonyl (C=O) groups is 3. The third kappa shape index (κ3) is 6.69. The van der Waals surface area contributed by atoms with E-state index in [-0.39, 0.29) is 23.6 Å². The maximum atomic E-state index is 13.3. The monoisotopic (exact) mass is 463 g/mol. The lowest BCUT2D eigenvalue weighted by molar-refractivity contribution is -0.136. The Balaban J connectivity index is 1.64. The van der Waals surface area contributed by atoms with Crippen LogP contribution in [0.1, 0.15) is 54.6 Å². The number of nitrogens with zero attached hydrogens (tertiary/aromatic N) is 2. The van der Waals surface area contributed by atoms with Gasteiger partial charge in [0.25, 0.3) is 5.91 Å². The molecule has 1 aliphatic rings. The molecule has 182 valence electrons. The van der Waals surface area contributed by atoms with Crippen molar-refractivity contribution in [1.29, 1.82) is 0 Å². The lowest BCUT2D eigenvalue weighted by Gasteiger charge is -2.37. The average Bonchev–Trinajstić information content (AvgIpc) is 2.87. The molecular weight excluding hydrogens is 426 g/mol. The van der Waals surface area contributed by atoms with Crippen LogP contribution in [0.3, 0.4) is 0 Å². The average molecular weight is 464 g/mol. The Morgan fingerprint density at radius 3 is 2.29 bits per heavy atom. The van der Waals surface area contributed by atoms with Crippen LogP contribution in [0.2, 0.25) is 0 Å². The van der Waals surface area contributed by atoms with E-state index in [0.29, 0.717) is 51.0 Å². The van der Waals surface area contributed by atoms with E-state index in [2.05, 4.69) is 5.32 Å². The minimum Gasteiger partial charge on any atom is -0.343 e. The van der Waals surface area contributed by atoms with Crippen molar-refractivity contribution in [3.8, 4) is 0 Å². The highest BCUT2D eigenvalue weighted by atomic mass is 16.2. The zero-order valence-electron chi connectivity index (χ0n) is 20.6. The molecule has 6 heteroatoms. The lowest BCUT2D eigenvalue weighted by atomic mass is 9.88. The molecule has 3 rings (SSSR count). The largest absolute Gasteiger partial charge is 0.343 e. The van der Waals surface area contributed by atoms with Gasteiger partial charge in [-0.1, -0.05) is 48.0 Å². The number of rotatable bonds is 9. The number of carbonyl (C=O) groups excluding carboxylic acids is 3. The van der Waals surface area contributed by atoms with Crippen molar-refractivity contribution in [2.45, 2.75) is 52.5 Å². The molecule has 1 fully saturated rings. The maximum Gasteiger partial charge on any atom is 0.251 e. The number of likely N-dealkylation sites (N-methyl/N-ethyl adjacent to an activating group) is 1. The number of hydrogen-bond donors (Lipinski definition) is 1. The fourth-order valence-corrected chi connectivity index (χ4v) is 4.66. The van der Waals surface area contributed by atoms with Gasteiger partial charge in [-0.25, -0.2) is 0 Å². The van der Waals surface area contributed by atoms with Crippen LogP contribution in [-0.4, -0.2) is 59.7 Å². The molecule has 2 aromatic rings. The van der Waals surface area contributed by atoms with Gasteiger partial charge in [-0.05, 0) is 63.6 Å². The number of benzene rings is 2.